The molecule has 2 aromatic rings. The minimum absolute atomic E-state index is 0.0526. The molecule has 1 aliphatic rings. The van der Waals surface area contributed by atoms with Crippen LogP contribution in [0.1, 0.15) is 36.1 Å². The Morgan fingerprint density at radius 1 is 1.36 bits per heavy atom. The van der Waals surface area contributed by atoms with Crippen LogP contribution in [0.4, 0.5) is 14.6 Å². The van der Waals surface area contributed by atoms with E-state index in [0.717, 1.165) is 17.0 Å². The van der Waals surface area contributed by atoms with E-state index in [1.54, 1.807) is 0 Å². The number of likely N-dealkylation sites (tertiary alicyclic amines) is 1. The summed E-state index contributed by atoms with van der Waals surface area (Å²) < 4.78 is 33.4. The minimum Gasteiger partial charge on any atom is -0.366 e. The molecule has 6 nitrogen and oxygen atoms in total. The van der Waals surface area contributed by atoms with E-state index < -0.39 is 12.0 Å². The van der Waals surface area contributed by atoms with Crippen molar-refractivity contribution in [1.82, 2.24) is 20.0 Å². The number of aryl methyl sites for hydroxylation is 3. The molecule has 3 heterocycles. The van der Waals surface area contributed by atoms with Crippen LogP contribution in [0.25, 0.3) is 0 Å². The second-order valence-corrected chi connectivity index (χ2v) is 6.44. The molecule has 2 atom stereocenters. The van der Waals surface area contributed by atoms with Crippen molar-refractivity contribution in [2.75, 3.05) is 18.4 Å². The van der Waals surface area contributed by atoms with Crippen molar-refractivity contribution in [3.05, 3.63) is 34.9 Å². The fourth-order valence-electron chi connectivity index (χ4n) is 3.25. The van der Waals surface area contributed by atoms with Crippen molar-refractivity contribution in [2.45, 2.75) is 52.4 Å². The average Bonchev–Trinajstić information content (AvgIpc) is 3.10. The highest BCUT2D eigenvalue weighted by Crippen LogP contribution is 2.25. The zero-order valence-corrected chi connectivity index (χ0v) is 14.7. The van der Waals surface area contributed by atoms with Gasteiger partial charge in [-0.2, -0.15) is 0 Å². The van der Waals surface area contributed by atoms with E-state index in [-0.39, 0.29) is 11.9 Å². The van der Waals surface area contributed by atoms with Gasteiger partial charge in [0.05, 0.1) is 11.4 Å². The van der Waals surface area contributed by atoms with Gasteiger partial charge in [0.1, 0.15) is 18.3 Å². The smallest absolute Gasteiger partial charge is 0.186 e. The van der Waals surface area contributed by atoms with E-state index in [1.807, 2.05) is 25.7 Å². The lowest BCUT2D eigenvalue weighted by Gasteiger charge is -2.24. The van der Waals surface area contributed by atoms with Crippen LogP contribution in [-0.4, -0.2) is 45.3 Å². The summed E-state index contributed by atoms with van der Waals surface area (Å²) in [6.07, 6.45) is 1.35. The molecule has 8 heteroatoms. The van der Waals surface area contributed by atoms with E-state index in [9.17, 15) is 8.78 Å². The molecule has 0 aromatic carbocycles. The maximum atomic E-state index is 14.2. The summed E-state index contributed by atoms with van der Waals surface area (Å²) in [6.45, 7) is 6.91. The van der Waals surface area contributed by atoms with Crippen molar-refractivity contribution in [3.63, 3.8) is 0 Å². The molecule has 136 valence electrons. The highest BCUT2D eigenvalue weighted by molar-refractivity contribution is 5.37. The van der Waals surface area contributed by atoms with E-state index in [0.29, 0.717) is 38.2 Å². The molecule has 25 heavy (non-hydrogen) atoms. The molecule has 0 saturated carbocycles. The zero-order chi connectivity index (χ0) is 18.0. The molecule has 1 saturated heterocycles. The van der Waals surface area contributed by atoms with E-state index >= 15 is 0 Å². The Hall–Kier alpha value is -2.09. The predicted molar refractivity (Wildman–Crippen MR) is 89.5 cm³/mol. The van der Waals surface area contributed by atoms with Crippen molar-refractivity contribution < 1.29 is 13.3 Å². The van der Waals surface area contributed by atoms with Crippen LogP contribution < -0.4 is 5.32 Å². The summed E-state index contributed by atoms with van der Waals surface area (Å²) in [7, 11) is 0. The predicted octanol–water partition coefficient (Wildman–Crippen LogP) is 2.81. The van der Waals surface area contributed by atoms with Crippen molar-refractivity contribution >= 4 is 5.82 Å². The molecular formula is C17H23F2N5O. The van der Waals surface area contributed by atoms with Gasteiger partial charge in [0.15, 0.2) is 11.6 Å². The maximum absolute atomic E-state index is 14.2. The van der Waals surface area contributed by atoms with Gasteiger partial charge in [0, 0.05) is 31.2 Å². The zero-order valence-electron chi connectivity index (χ0n) is 14.7. The third-order valence-electron chi connectivity index (χ3n) is 4.72. The van der Waals surface area contributed by atoms with Gasteiger partial charge in [-0.05, 0) is 26.7 Å². The van der Waals surface area contributed by atoms with Gasteiger partial charge in [0.25, 0.3) is 0 Å². The van der Waals surface area contributed by atoms with Crippen LogP contribution in [0, 0.1) is 19.7 Å². The lowest BCUT2D eigenvalue weighted by molar-refractivity contribution is 0.239. The van der Waals surface area contributed by atoms with Gasteiger partial charge in [-0.15, -0.1) is 0 Å². The van der Waals surface area contributed by atoms with E-state index in [2.05, 4.69) is 20.4 Å². The molecule has 2 aromatic heterocycles. The summed E-state index contributed by atoms with van der Waals surface area (Å²) in [4.78, 5) is 9.93. The van der Waals surface area contributed by atoms with Crippen molar-refractivity contribution in [1.29, 1.82) is 0 Å². The summed E-state index contributed by atoms with van der Waals surface area (Å²) >= 11 is 0. The number of aromatic nitrogens is 3. The first kappa shape index (κ1) is 17.7. The molecule has 1 aliphatic heterocycles. The maximum Gasteiger partial charge on any atom is 0.186 e. The molecule has 0 radical (unpaired) electrons. The summed E-state index contributed by atoms with van der Waals surface area (Å²) in [5.41, 5.74) is 2.18. The number of nitrogens with zero attached hydrogens (tertiary/aromatic N) is 4. The van der Waals surface area contributed by atoms with Gasteiger partial charge in [-0.3, -0.25) is 4.90 Å². The van der Waals surface area contributed by atoms with Crippen molar-refractivity contribution in [2.24, 2.45) is 0 Å². The van der Waals surface area contributed by atoms with E-state index in [1.165, 1.54) is 6.33 Å². The molecule has 0 aliphatic carbocycles. The third kappa shape index (κ3) is 3.78. The lowest BCUT2D eigenvalue weighted by atomic mass is 10.1. The topological polar surface area (TPSA) is 67.1 Å². The first-order chi connectivity index (χ1) is 12.0. The van der Waals surface area contributed by atoms with Gasteiger partial charge in [-0.25, -0.2) is 18.7 Å². The Bertz CT molecular complexity index is 716. The summed E-state index contributed by atoms with van der Waals surface area (Å²) in [5, 5.41) is 6.96. The minimum atomic E-state index is -0.895. The second kappa shape index (κ2) is 7.43. The van der Waals surface area contributed by atoms with Crippen LogP contribution in [0.5, 0.6) is 0 Å². The van der Waals surface area contributed by atoms with Crippen LogP contribution in [0.3, 0.4) is 0 Å². The standard InChI is InChI=1S/C17H23F2N5O/c1-4-15-16(19)17(22-9-21-15)20-6-13-5-12(18)7-24(13)8-14-10(2)23-25-11(14)3/h9,12-13H,4-8H2,1-3H3,(H,20,21,22)/t12-,13-/m0/s1. The summed E-state index contributed by atoms with van der Waals surface area (Å²) in [5.74, 6) is 0.490. The number of alkyl halides is 1. The van der Waals surface area contributed by atoms with Crippen LogP contribution in [0.2, 0.25) is 0 Å². The number of halogens is 2. The van der Waals surface area contributed by atoms with Crippen LogP contribution in [-0.2, 0) is 13.0 Å². The van der Waals surface area contributed by atoms with Crippen molar-refractivity contribution in [3.8, 4) is 0 Å². The van der Waals surface area contributed by atoms with Gasteiger partial charge in [0.2, 0.25) is 0 Å². The Morgan fingerprint density at radius 3 is 2.84 bits per heavy atom. The Morgan fingerprint density at radius 2 is 2.16 bits per heavy atom. The van der Waals surface area contributed by atoms with Gasteiger partial charge >= 0.3 is 0 Å². The largest absolute Gasteiger partial charge is 0.366 e. The lowest BCUT2D eigenvalue weighted by Crippen LogP contribution is -2.35. The number of hydrogen-bond donors (Lipinski definition) is 1. The highest BCUT2D eigenvalue weighted by atomic mass is 19.1. The third-order valence-corrected chi connectivity index (χ3v) is 4.72. The number of rotatable bonds is 6. The first-order valence-electron chi connectivity index (χ1n) is 8.52. The van der Waals surface area contributed by atoms with Gasteiger partial charge < -0.3 is 9.84 Å². The quantitative estimate of drug-likeness (QED) is 0.863. The second-order valence-electron chi connectivity index (χ2n) is 6.44. The number of nitrogens with one attached hydrogen (secondary N) is 1. The van der Waals surface area contributed by atoms with Gasteiger partial charge in [-0.1, -0.05) is 12.1 Å². The number of anilines is 1. The Kier molecular flexibility index (Phi) is 5.27. The molecule has 0 bridgehead atoms. The molecule has 3 rings (SSSR count). The molecular weight excluding hydrogens is 328 g/mol. The highest BCUT2D eigenvalue weighted by Gasteiger charge is 2.33. The molecule has 1 fully saturated rings. The molecule has 1 N–H and O–H groups in total. The fraction of sp³-hybridized carbons (Fsp3) is 0.588. The van der Waals surface area contributed by atoms with Crippen LogP contribution in [0.15, 0.2) is 10.9 Å². The fourth-order valence-corrected chi connectivity index (χ4v) is 3.25. The normalized spacial score (nSPS) is 21.0. The monoisotopic (exact) mass is 351 g/mol. The number of hydrogen-bond acceptors (Lipinski definition) is 6. The first-order valence-corrected chi connectivity index (χ1v) is 8.52. The Labute approximate surface area is 145 Å². The SMILES string of the molecule is CCc1ncnc(NC[C@@H]2C[C@H](F)CN2Cc2c(C)noc2C)c1F. The van der Waals surface area contributed by atoms with Crippen LogP contribution >= 0.6 is 0 Å². The Balaban J connectivity index is 1.68. The summed E-state index contributed by atoms with van der Waals surface area (Å²) in [6, 6.07) is -0.0526. The average molecular weight is 351 g/mol. The van der Waals surface area contributed by atoms with E-state index in [4.69, 9.17) is 4.52 Å². The molecule has 0 amide bonds. The molecule has 0 spiro atoms. The molecule has 0 unspecified atom stereocenters.